The third kappa shape index (κ3) is 7.11. The Bertz CT molecular complexity index is 923. The summed E-state index contributed by atoms with van der Waals surface area (Å²) in [5.74, 6) is -2.42. The topological polar surface area (TPSA) is 137 Å². The molecule has 10 heteroatoms. The Morgan fingerprint density at radius 1 is 1.11 bits per heavy atom. The van der Waals surface area contributed by atoms with E-state index in [1.54, 1.807) is 4.90 Å². The van der Waals surface area contributed by atoms with Crippen LogP contribution in [0.1, 0.15) is 68.2 Å². The smallest absolute Gasteiger partial charge is 0.315 e. The molecular formula is C27H45N5O5. The van der Waals surface area contributed by atoms with Gasteiger partial charge in [-0.25, -0.2) is 4.79 Å². The molecule has 4 N–H and O–H groups in total. The summed E-state index contributed by atoms with van der Waals surface area (Å²) in [5, 5.41) is 10.8. The fourth-order valence-electron chi connectivity index (χ4n) is 5.25. The minimum atomic E-state index is -0.989. The maximum atomic E-state index is 13.7. The number of ketones is 1. The Morgan fingerprint density at radius 3 is 2.24 bits per heavy atom. The zero-order chi connectivity index (χ0) is 28.3. The summed E-state index contributed by atoms with van der Waals surface area (Å²) >= 11 is 0. The van der Waals surface area contributed by atoms with Crippen LogP contribution in [0.2, 0.25) is 0 Å². The van der Waals surface area contributed by atoms with Gasteiger partial charge < -0.3 is 26.2 Å². The third-order valence-corrected chi connectivity index (χ3v) is 7.31. The van der Waals surface area contributed by atoms with E-state index in [-0.39, 0.29) is 35.6 Å². The van der Waals surface area contributed by atoms with Gasteiger partial charge in [-0.2, -0.15) is 0 Å². The Kier molecular flexibility index (Phi) is 9.54. The van der Waals surface area contributed by atoms with Crippen LogP contribution in [0.5, 0.6) is 0 Å². The zero-order valence-electron chi connectivity index (χ0n) is 23.6. The number of urea groups is 1. The van der Waals surface area contributed by atoms with Crippen molar-refractivity contribution in [1.82, 2.24) is 26.2 Å². The Hall–Kier alpha value is -2.91. The molecule has 3 unspecified atom stereocenters. The summed E-state index contributed by atoms with van der Waals surface area (Å²) in [6.07, 6.45) is 2.35. The average Bonchev–Trinajstić information content (AvgIpc) is 3.11. The molecule has 1 heterocycles. The number of carbonyl (C=O) groups is 5. The highest BCUT2D eigenvalue weighted by atomic mass is 16.2. The first-order chi connectivity index (χ1) is 17.1. The fraction of sp³-hybridized carbons (Fsp3) is 0.741. The predicted molar refractivity (Wildman–Crippen MR) is 141 cm³/mol. The number of nitrogens with one attached hydrogen (secondary N) is 4. The van der Waals surface area contributed by atoms with Crippen LogP contribution in [-0.2, 0) is 19.2 Å². The van der Waals surface area contributed by atoms with E-state index in [0.29, 0.717) is 19.4 Å². The van der Waals surface area contributed by atoms with Gasteiger partial charge in [-0.1, -0.05) is 47.1 Å². The van der Waals surface area contributed by atoms with E-state index >= 15 is 0 Å². The summed E-state index contributed by atoms with van der Waals surface area (Å²) in [7, 11) is 0. The number of hydrogen-bond acceptors (Lipinski definition) is 5. The summed E-state index contributed by atoms with van der Waals surface area (Å²) in [6.45, 7) is 19.3. The summed E-state index contributed by atoms with van der Waals surface area (Å²) in [4.78, 5) is 66.5. The lowest BCUT2D eigenvalue weighted by molar-refractivity contribution is -0.144. The normalized spacial score (nSPS) is 23.4. The molecule has 1 saturated carbocycles. The minimum absolute atomic E-state index is 0.0698. The molecule has 0 aromatic heterocycles. The van der Waals surface area contributed by atoms with Gasteiger partial charge in [-0.05, 0) is 50.4 Å². The minimum Gasteiger partial charge on any atom is -0.346 e. The molecule has 5 amide bonds. The molecule has 2 rings (SSSR count). The van der Waals surface area contributed by atoms with Crippen molar-refractivity contribution in [1.29, 1.82) is 0 Å². The van der Waals surface area contributed by atoms with Gasteiger partial charge in [0.2, 0.25) is 17.6 Å². The van der Waals surface area contributed by atoms with Gasteiger partial charge in [0.25, 0.3) is 5.91 Å². The molecule has 0 aromatic rings. The maximum absolute atomic E-state index is 13.7. The van der Waals surface area contributed by atoms with Crippen LogP contribution in [0, 0.1) is 23.2 Å². The zero-order valence-corrected chi connectivity index (χ0v) is 23.6. The van der Waals surface area contributed by atoms with Crippen molar-refractivity contribution < 1.29 is 24.0 Å². The van der Waals surface area contributed by atoms with Crippen LogP contribution in [-0.4, -0.2) is 71.2 Å². The fourth-order valence-corrected chi connectivity index (χ4v) is 5.25. The molecule has 5 atom stereocenters. The lowest BCUT2D eigenvalue weighted by Gasteiger charge is -2.35. The van der Waals surface area contributed by atoms with Crippen molar-refractivity contribution in [2.45, 2.75) is 91.9 Å². The highest BCUT2D eigenvalue weighted by molar-refractivity contribution is 6.38. The molecule has 1 aliphatic carbocycles. The highest BCUT2D eigenvalue weighted by Crippen LogP contribution is 2.64. The number of likely N-dealkylation sites (tertiary alicyclic amines) is 1. The Morgan fingerprint density at radius 2 is 1.73 bits per heavy atom. The van der Waals surface area contributed by atoms with Gasteiger partial charge in [0.1, 0.15) is 12.1 Å². The summed E-state index contributed by atoms with van der Waals surface area (Å²) in [5.41, 5.74) is -0.607. The van der Waals surface area contributed by atoms with Crippen LogP contribution in [0.25, 0.3) is 0 Å². The van der Waals surface area contributed by atoms with Gasteiger partial charge >= 0.3 is 6.03 Å². The van der Waals surface area contributed by atoms with Gasteiger partial charge in [0.05, 0.1) is 6.04 Å². The van der Waals surface area contributed by atoms with Gasteiger partial charge in [-0.3, -0.25) is 19.2 Å². The number of rotatable bonds is 11. The summed E-state index contributed by atoms with van der Waals surface area (Å²) < 4.78 is 0. The van der Waals surface area contributed by atoms with Crippen molar-refractivity contribution >= 4 is 29.5 Å². The average molecular weight is 520 g/mol. The molecule has 0 radical (unpaired) electrons. The number of carbonyl (C=O) groups excluding carboxylic acids is 5. The molecule has 10 nitrogen and oxygen atoms in total. The number of Topliss-reactive ketones (excluding diaryl/α,β-unsaturated/α-hetero) is 1. The largest absolute Gasteiger partial charge is 0.346 e. The van der Waals surface area contributed by atoms with E-state index < -0.39 is 47.3 Å². The quantitative estimate of drug-likeness (QED) is 0.244. The second-order valence-corrected chi connectivity index (χ2v) is 12.2. The SMILES string of the molecule is C=CCNC(=O)C(=O)C(CCC)NC(=O)[C@@H]1C2C(CN1C(=O)[C@@H](NC(=O)NC(C)(C)C)C(C)C)C2(C)C. The number of piperidine rings is 1. The molecule has 1 saturated heterocycles. The molecule has 0 spiro atoms. The molecule has 1 aliphatic heterocycles. The lowest BCUT2D eigenvalue weighted by Crippen LogP contribution is -2.60. The molecule has 37 heavy (non-hydrogen) atoms. The van der Waals surface area contributed by atoms with Crippen molar-refractivity contribution in [3.05, 3.63) is 12.7 Å². The monoisotopic (exact) mass is 519 g/mol. The highest BCUT2D eigenvalue weighted by Gasteiger charge is 2.69. The number of hydrogen-bond donors (Lipinski definition) is 4. The Balaban J connectivity index is 2.25. The van der Waals surface area contributed by atoms with E-state index in [1.807, 2.05) is 41.5 Å². The van der Waals surface area contributed by atoms with E-state index in [2.05, 4.69) is 41.7 Å². The third-order valence-electron chi connectivity index (χ3n) is 7.31. The van der Waals surface area contributed by atoms with E-state index in [4.69, 9.17) is 0 Å². The molecule has 0 aromatic carbocycles. The van der Waals surface area contributed by atoms with Crippen LogP contribution in [0.15, 0.2) is 12.7 Å². The first-order valence-corrected chi connectivity index (χ1v) is 13.2. The van der Waals surface area contributed by atoms with Crippen molar-refractivity contribution in [3.8, 4) is 0 Å². The van der Waals surface area contributed by atoms with Crippen LogP contribution in [0.3, 0.4) is 0 Å². The first-order valence-electron chi connectivity index (χ1n) is 13.2. The predicted octanol–water partition coefficient (Wildman–Crippen LogP) is 1.75. The lowest BCUT2D eigenvalue weighted by atomic mass is 9.96. The Labute approximate surface area is 220 Å². The molecular weight excluding hydrogens is 474 g/mol. The van der Waals surface area contributed by atoms with Crippen molar-refractivity contribution in [2.24, 2.45) is 23.2 Å². The first kappa shape index (κ1) is 30.3. The van der Waals surface area contributed by atoms with Crippen LogP contribution < -0.4 is 21.3 Å². The maximum Gasteiger partial charge on any atom is 0.315 e. The number of amides is 5. The van der Waals surface area contributed by atoms with E-state index in [1.165, 1.54) is 6.08 Å². The second-order valence-electron chi connectivity index (χ2n) is 12.2. The van der Waals surface area contributed by atoms with Gasteiger partial charge in [0, 0.05) is 18.6 Å². The standard InChI is InChI=1S/C27H45N5O5/c1-10-12-17(21(33)23(35)28-13-11-2)29-22(34)20-18-16(27(18,8)9)14-32(20)24(36)19(15(3)4)30-25(37)31-26(5,6)7/h11,15-20H,2,10,12-14H2,1,3-9H3,(H,28,35)(H,29,34)(H2,30,31,37)/t16?,17?,18?,19-,20-/m0/s1. The van der Waals surface area contributed by atoms with Crippen molar-refractivity contribution in [3.63, 3.8) is 0 Å². The molecule has 0 bridgehead atoms. The van der Waals surface area contributed by atoms with Crippen LogP contribution in [0.4, 0.5) is 4.79 Å². The van der Waals surface area contributed by atoms with E-state index in [0.717, 1.165) is 0 Å². The summed E-state index contributed by atoms with van der Waals surface area (Å²) in [6, 6.07) is -3.05. The van der Waals surface area contributed by atoms with Gasteiger partial charge in [0.15, 0.2) is 0 Å². The second kappa shape index (κ2) is 11.6. The van der Waals surface area contributed by atoms with Crippen molar-refractivity contribution in [2.75, 3.05) is 13.1 Å². The number of nitrogens with zero attached hydrogens (tertiary/aromatic N) is 1. The number of fused-ring (bicyclic) bond motifs is 1. The van der Waals surface area contributed by atoms with Crippen LogP contribution >= 0.6 is 0 Å². The van der Waals surface area contributed by atoms with Gasteiger partial charge in [-0.15, -0.1) is 6.58 Å². The van der Waals surface area contributed by atoms with E-state index in [9.17, 15) is 24.0 Å². The molecule has 2 aliphatic rings. The molecule has 2 fully saturated rings. The molecule has 208 valence electrons.